The Morgan fingerprint density at radius 1 is 1.04 bits per heavy atom. The number of para-hydroxylation sites is 1. The van der Waals surface area contributed by atoms with Crippen molar-refractivity contribution in [2.45, 2.75) is 62.7 Å². The van der Waals surface area contributed by atoms with Gasteiger partial charge in [-0.3, -0.25) is 0 Å². The lowest BCUT2D eigenvalue weighted by Gasteiger charge is -2.47. The Balaban J connectivity index is 1.29. The van der Waals surface area contributed by atoms with Gasteiger partial charge in [0.2, 0.25) is 0 Å². The maximum Gasteiger partial charge on any atom is 0.315 e. The number of amides is 2. The first-order valence-corrected chi connectivity index (χ1v) is 9.99. The number of benzene rings is 1. The number of piperidine rings is 2. The van der Waals surface area contributed by atoms with Crippen LogP contribution in [-0.2, 0) is 0 Å². The Morgan fingerprint density at radius 3 is 2.33 bits per heavy atom. The molecular formula is C20H28F2N4O. The van der Waals surface area contributed by atoms with E-state index in [2.05, 4.69) is 22.6 Å². The maximum atomic E-state index is 14.0. The number of hydrogen-bond acceptors (Lipinski definition) is 3. The molecule has 1 aromatic carbocycles. The van der Waals surface area contributed by atoms with Crippen molar-refractivity contribution in [3.05, 3.63) is 29.8 Å². The summed E-state index contributed by atoms with van der Waals surface area (Å²) in [5.41, 5.74) is 0.00495. The number of carbonyl (C=O) groups is 1. The highest BCUT2D eigenvalue weighted by Gasteiger charge is 2.37. The molecule has 148 valence electrons. The molecule has 7 heteroatoms. The summed E-state index contributed by atoms with van der Waals surface area (Å²) in [5.74, 6) is -1.11. The van der Waals surface area contributed by atoms with Crippen LogP contribution in [0.4, 0.5) is 19.3 Å². The smallest absolute Gasteiger partial charge is 0.315 e. The fraction of sp³-hybridized carbons (Fsp3) is 0.650. The summed E-state index contributed by atoms with van der Waals surface area (Å²) < 4.78 is 27.9. The van der Waals surface area contributed by atoms with Crippen LogP contribution in [0.25, 0.3) is 0 Å². The summed E-state index contributed by atoms with van der Waals surface area (Å²) in [7, 11) is 2.19. The zero-order valence-corrected chi connectivity index (χ0v) is 15.8. The van der Waals surface area contributed by atoms with Gasteiger partial charge in [0.15, 0.2) is 0 Å². The Hall–Kier alpha value is -1.89. The molecule has 3 saturated heterocycles. The number of carbonyl (C=O) groups excluding carboxylic acids is 1. The third-order valence-electron chi connectivity index (χ3n) is 6.45. The van der Waals surface area contributed by atoms with Crippen molar-refractivity contribution in [3.8, 4) is 0 Å². The first-order valence-electron chi connectivity index (χ1n) is 9.99. The second-order valence-electron chi connectivity index (χ2n) is 8.19. The van der Waals surface area contributed by atoms with E-state index in [1.54, 1.807) is 4.90 Å². The van der Waals surface area contributed by atoms with Gasteiger partial charge in [0, 0.05) is 37.3 Å². The number of rotatable bonds is 3. The van der Waals surface area contributed by atoms with Gasteiger partial charge >= 0.3 is 6.03 Å². The summed E-state index contributed by atoms with van der Waals surface area (Å²) in [6, 6.07) is 4.97. The third-order valence-corrected chi connectivity index (χ3v) is 6.45. The predicted molar refractivity (Wildman–Crippen MR) is 101 cm³/mol. The minimum atomic E-state index is -0.557. The van der Waals surface area contributed by atoms with E-state index >= 15 is 0 Å². The van der Waals surface area contributed by atoms with E-state index in [1.165, 1.54) is 37.5 Å². The Kier molecular flexibility index (Phi) is 5.21. The van der Waals surface area contributed by atoms with Gasteiger partial charge in [0.25, 0.3) is 0 Å². The largest absolute Gasteiger partial charge is 0.365 e. The predicted octanol–water partition coefficient (Wildman–Crippen LogP) is 2.86. The molecule has 2 bridgehead atoms. The molecule has 27 heavy (non-hydrogen) atoms. The van der Waals surface area contributed by atoms with E-state index in [9.17, 15) is 13.6 Å². The average Bonchev–Trinajstić information content (AvgIpc) is 3.03. The molecule has 1 aromatic rings. The lowest BCUT2D eigenvalue weighted by atomic mass is 9.82. The van der Waals surface area contributed by atoms with Crippen LogP contribution in [0.1, 0.15) is 38.5 Å². The number of anilines is 1. The number of nitrogens with one attached hydrogen (secondary N) is 2. The van der Waals surface area contributed by atoms with Crippen LogP contribution in [-0.4, -0.2) is 55.2 Å². The lowest BCUT2D eigenvalue weighted by molar-refractivity contribution is 0.0508. The standard InChI is InChI=1S/C20H28F2N4O/c1-25-15-4-2-5-16(25)11-14(10-15)24-20(27)23-13-8-9-26(12-13)19-17(21)6-3-7-18(19)22/h3,6-7,13-16H,2,4-5,8-12H2,1H3,(H2,23,24,27)/t13-,15+,16+/m1/s1. The van der Waals surface area contributed by atoms with Crippen LogP contribution in [0.15, 0.2) is 18.2 Å². The summed E-state index contributed by atoms with van der Waals surface area (Å²) in [4.78, 5) is 16.6. The van der Waals surface area contributed by atoms with Crippen LogP contribution in [0.3, 0.4) is 0 Å². The summed E-state index contributed by atoms with van der Waals surface area (Å²) >= 11 is 0. The molecule has 2 amide bonds. The molecule has 3 aliphatic rings. The van der Waals surface area contributed by atoms with E-state index in [-0.39, 0.29) is 23.8 Å². The normalized spacial score (nSPS) is 31.0. The van der Waals surface area contributed by atoms with Gasteiger partial charge < -0.3 is 20.4 Å². The number of halogens is 2. The summed E-state index contributed by atoms with van der Waals surface area (Å²) in [5, 5.41) is 6.12. The molecule has 3 aliphatic heterocycles. The molecule has 3 fully saturated rings. The quantitative estimate of drug-likeness (QED) is 0.850. The van der Waals surface area contributed by atoms with Gasteiger partial charge in [-0.2, -0.15) is 0 Å². The summed E-state index contributed by atoms with van der Waals surface area (Å²) in [6.45, 7) is 0.950. The van der Waals surface area contributed by atoms with E-state index < -0.39 is 11.6 Å². The van der Waals surface area contributed by atoms with Crippen LogP contribution >= 0.6 is 0 Å². The maximum absolute atomic E-state index is 14.0. The molecular weight excluding hydrogens is 350 g/mol. The van der Waals surface area contributed by atoms with Gasteiger partial charge in [-0.15, -0.1) is 0 Å². The van der Waals surface area contributed by atoms with Gasteiger partial charge in [-0.05, 0) is 51.3 Å². The molecule has 0 saturated carbocycles. The minimum Gasteiger partial charge on any atom is -0.365 e. The molecule has 3 atom stereocenters. The Labute approximate surface area is 159 Å². The van der Waals surface area contributed by atoms with Gasteiger partial charge in [0.1, 0.15) is 17.3 Å². The molecule has 5 nitrogen and oxygen atoms in total. The Morgan fingerprint density at radius 2 is 1.67 bits per heavy atom. The molecule has 0 spiro atoms. The van der Waals surface area contributed by atoms with E-state index in [1.807, 2.05) is 0 Å². The molecule has 2 N–H and O–H groups in total. The zero-order chi connectivity index (χ0) is 19.0. The van der Waals surface area contributed by atoms with Crippen LogP contribution in [0.5, 0.6) is 0 Å². The third kappa shape index (κ3) is 3.88. The monoisotopic (exact) mass is 378 g/mol. The first-order chi connectivity index (χ1) is 13.0. The van der Waals surface area contributed by atoms with Crippen LogP contribution in [0.2, 0.25) is 0 Å². The molecule has 3 heterocycles. The van der Waals surface area contributed by atoms with E-state index in [0.717, 1.165) is 12.8 Å². The molecule has 4 rings (SSSR count). The second-order valence-corrected chi connectivity index (χ2v) is 8.19. The highest BCUT2D eigenvalue weighted by atomic mass is 19.1. The van der Waals surface area contributed by atoms with Crippen molar-refractivity contribution in [2.75, 3.05) is 25.0 Å². The number of nitrogens with zero attached hydrogens (tertiary/aromatic N) is 2. The fourth-order valence-electron chi connectivity index (χ4n) is 5.02. The average molecular weight is 378 g/mol. The highest BCUT2D eigenvalue weighted by Crippen LogP contribution is 2.32. The second kappa shape index (κ2) is 7.62. The fourth-order valence-corrected chi connectivity index (χ4v) is 5.02. The van der Waals surface area contributed by atoms with Crippen LogP contribution in [0, 0.1) is 11.6 Å². The van der Waals surface area contributed by atoms with Crippen molar-refractivity contribution in [2.24, 2.45) is 0 Å². The zero-order valence-electron chi connectivity index (χ0n) is 15.8. The van der Waals surface area contributed by atoms with Crippen molar-refractivity contribution < 1.29 is 13.6 Å². The van der Waals surface area contributed by atoms with Crippen LogP contribution < -0.4 is 15.5 Å². The summed E-state index contributed by atoms with van der Waals surface area (Å²) in [6.07, 6.45) is 6.37. The van der Waals surface area contributed by atoms with Gasteiger partial charge in [-0.1, -0.05) is 12.5 Å². The Bertz CT molecular complexity index is 666. The van der Waals surface area contributed by atoms with E-state index in [0.29, 0.717) is 31.6 Å². The lowest BCUT2D eigenvalue weighted by Crippen LogP contribution is -2.57. The number of hydrogen-bond donors (Lipinski definition) is 2. The van der Waals surface area contributed by atoms with Gasteiger partial charge in [0.05, 0.1) is 0 Å². The molecule has 0 aromatic heterocycles. The topological polar surface area (TPSA) is 47.6 Å². The number of fused-ring (bicyclic) bond motifs is 2. The van der Waals surface area contributed by atoms with Gasteiger partial charge in [-0.25, -0.2) is 13.6 Å². The molecule has 0 aliphatic carbocycles. The minimum absolute atomic E-state index is 0.00495. The highest BCUT2D eigenvalue weighted by molar-refractivity contribution is 5.74. The number of urea groups is 1. The molecule has 0 radical (unpaired) electrons. The van der Waals surface area contributed by atoms with Crippen molar-refractivity contribution in [1.29, 1.82) is 0 Å². The van der Waals surface area contributed by atoms with Crippen molar-refractivity contribution in [3.63, 3.8) is 0 Å². The van der Waals surface area contributed by atoms with E-state index in [4.69, 9.17) is 0 Å². The first kappa shape index (κ1) is 18.5. The van der Waals surface area contributed by atoms with Crippen molar-refractivity contribution >= 4 is 11.7 Å². The van der Waals surface area contributed by atoms with Crippen molar-refractivity contribution in [1.82, 2.24) is 15.5 Å². The SMILES string of the molecule is CN1[C@H]2CCC[C@H]1CC(NC(=O)N[C@@H]1CCN(c3c(F)cccc3F)C1)C2. The molecule has 0 unspecified atom stereocenters.